The van der Waals surface area contributed by atoms with E-state index in [0.717, 1.165) is 0 Å². The first-order chi connectivity index (χ1) is 10.1. The number of rotatable bonds is 5. The molecule has 0 aromatic heterocycles. The van der Waals surface area contributed by atoms with Crippen molar-refractivity contribution in [2.24, 2.45) is 5.29 Å². The van der Waals surface area contributed by atoms with E-state index in [2.05, 4.69) is 5.29 Å². The number of aliphatic carboxylic acids is 1. The van der Waals surface area contributed by atoms with Gasteiger partial charge in [0, 0.05) is 6.42 Å². The molecule has 0 saturated heterocycles. The lowest BCUT2D eigenvalue weighted by molar-refractivity contribution is -0.143. The van der Waals surface area contributed by atoms with Crippen LogP contribution in [-0.4, -0.2) is 38.9 Å². The molecular formula is C14H18N2O6. The van der Waals surface area contributed by atoms with Crippen LogP contribution in [0.4, 0.5) is 4.79 Å². The zero-order valence-electron chi connectivity index (χ0n) is 12.5. The Balaban J connectivity index is 2.96. The van der Waals surface area contributed by atoms with Crippen LogP contribution < -0.4 is 0 Å². The van der Waals surface area contributed by atoms with Crippen molar-refractivity contribution < 1.29 is 24.5 Å². The van der Waals surface area contributed by atoms with E-state index in [9.17, 15) is 24.7 Å². The Bertz CT molecular complexity index is 549. The highest BCUT2D eigenvalue weighted by molar-refractivity contribution is 5.80. The van der Waals surface area contributed by atoms with Crippen LogP contribution in [0.15, 0.2) is 29.6 Å². The van der Waals surface area contributed by atoms with E-state index < -0.39 is 23.7 Å². The van der Waals surface area contributed by atoms with Gasteiger partial charge in [-0.1, -0.05) is 12.1 Å². The highest BCUT2D eigenvalue weighted by atomic mass is 16.6. The molecule has 1 atom stereocenters. The zero-order chi connectivity index (χ0) is 16.9. The second-order valence-corrected chi connectivity index (χ2v) is 5.63. The van der Waals surface area contributed by atoms with Crippen molar-refractivity contribution in [2.45, 2.75) is 38.8 Å². The molecule has 1 aromatic rings. The van der Waals surface area contributed by atoms with Gasteiger partial charge in [0.05, 0.1) is 5.29 Å². The maximum Gasteiger partial charge on any atom is 0.434 e. The van der Waals surface area contributed by atoms with Gasteiger partial charge in [-0.05, 0) is 38.5 Å². The summed E-state index contributed by atoms with van der Waals surface area (Å²) in [6.45, 7) is 4.76. The molecule has 0 aliphatic heterocycles. The first-order valence-corrected chi connectivity index (χ1v) is 6.50. The SMILES string of the molecule is CC(C)(C)OC(=O)N(N=O)[C@@H](Cc1ccc(O)cc1)C(=O)O. The third-order valence-corrected chi connectivity index (χ3v) is 2.61. The Labute approximate surface area is 127 Å². The van der Waals surface area contributed by atoms with Crippen molar-refractivity contribution in [3.05, 3.63) is 34.7 Å². The second-order valence-electron chi connectivity index (χ2n) is 5.63. The fraction of sp³-hybridized carbons (Fsp3) is 0.429. The summed E-state index contributed by atoms with van der Waals surface area (Å²) in [5.41, 5.74) is -0.371. The van der Waals surface area contributed by atoms with Crippen LogP contribution in [0.25, 0.3) is 0 Å². The number of phenols is 1. The number of carboxylic acid groups (broad SMARTS) is 1. The Morgan fingerprint density at radius 2 is 1.82 bits per heavy atom. The fourth-order valence-corrected chi connectivity index (χ4v) is 1.66. The van der Waals surface area contributed by atoms with E-state index in [1.165, 1.54) is 24.3 Å². The smallest absolute Gasteiger partial charge is 0.434 e. The molecule has 0 radical (unpaired) electrons. The summed E-state index contributed by atoms with van der Waals surface area (Å²) < 4.78 is 4.97. The van der Waals surface area contributed by atoms with Gasteiger partial charge in [-0.15, -0.1) is 9.92 Å². The molecule has 120 valence electrons. The van der Waals surface area contributed by atoms with E-state index in [1.807, 2.05) is 0 Å². The van der Waals surface area contributed by atoms with Gasteiger partial charge in [0.2, 0.25) is 0 Å². The molecule has 8 nitrogen and oxygen atoms in total. The molecule has 1 amide bonds. The minimum absolute atomic E-state index is 0.0214. The summed E-state index contributed by atoms with van der Waals surface area (Å²) in [7, 11) is 0. The van der Waals surface area contributed by atoms with Gasteiger partial charge in [-0.25, -0.2) is 9.59 Å². The number of carbonyl (C=O) groups is 2. The molecule has 22 heavy (non-hydrogen) atoms. The third-order valence-electron chi connectivity index (χ3n) is 2.61. The van der Waals surface area contributed by atoms with Crippen LogP contribution in [0.1, 0.15) is 26.3 Å². The number of hydrogen-bond donors (Lipinski definition) is 2. The monoisotopic (exact) mass is 310 g/mol. The summed E-state index contributed by atoms with van der Waals surface area (Å²) in [5, 5.41) is 21.2. The number of carboxylic acids is 1. The van der Waals surface area contributed by atoms with Crippen molar-refractivity contribution in [3.63, 3.8) is 0 Å². The molecular weight excluding hydrogens is 292 g/mol. The third kappa shape index (κ3) is 5.04. The van der Waals surface area contributed by atoms with Crippen LogP contribution in [-0.2, 0) is 16.0 Å². The van der Waals surface area contributed by atoms with Gasteiger partial charge in [-0.2, -0.15) is 0 Å². The summed E-state index contributed by atoms with van der Waals surface area (Å²) in [4.78, 5) is 34.1. The number of aromatic hydroxyl groups is 1. The number of hydrogen-bond acceptors (Lipinski definition) is 6. The molecule has 2 N–H and O–H groups in total. The van der Waals surface area contributed by atoms with Gasteiger partial charge < -0.3 is 14.9 Å². The molecule has 0 saturated carbocycles. The molecule has 0 aliphatic carbocycles. The van der Waals surface area contributed by atoms with Crippen molar-refractivity contribution >= 4 is 12.1 Å². The molecule has 0 spiro atoms. The summed E-state index contributed by atoms with van der Waals surface area (Å²) in [6, 6.07) is 4.23. The van der Waals surface area contributed by atoms with Gasteiger partial charge >= 0.3 is 12.1 Å². The Morgan fingerprint density at radius 3 is 2.23 bits per heavy atom. The van der Waals surface area contributed by atoms with E-state index in [4.69, 9.17) is 4.74 Å². The topological polar surface area (TPSA) is 117 Å². The minimum Gasteiger partial charge on any atom is -0.508 e. The largest absolute Gasteiger partial charge is 0.508 e. The Morgan fingerprint density at radius 1 is 1.27 bits per heavy atom. The predicted octanol–water partition coefficient (Wildman–Crippen LogP) is 2.31. The molecule has 0 unspecified atom stereocenters. The molecule has 1 aromatic carbocycles. The van der Waals surface area contributed by atoms with Gasteiger partial charge in [-0.3, -0.25) is 0 Å². The Hall–Kier alpha value is -2.64. The van der Waals surface area contributed by atoms with Gasteiger partial charge in [0.15, 0.2) is 6.04 Å². The van der Waals surface area contributed by atoms with Crippen molar-refractivity contribution in [3.8, 4) is 5.75 Å². The maximum atomic E-state index is 11.9. The van der Waals surface area contributed by atoms with Crippen LogP contribution >= 0.6 is 0 Å². The minimum atomic E-state index is -1.50. The van der Waals surface area contributed by atoms with E-state index in [0.29, 0.717) is 5.56 Å². The number of ether oxygens (including phenoxy) is 1. The predicted molar refractivity (Wildman–Crippen MR) is 77.1 cm³/mol. The van der Waals surface area contributed by atoms with Crippen LogP contribution in [0.5, 0.6) is 5.75 Å². The number of amides is 1. The van der Waals surface area contributed by atoms with E-state index in [1.54, 1.807) is 20.8 Å². The first kappa shape index (κ1) is 17.4. The Kier molecular flexibility index (Phi) is 5.44. The highest BCUT2D eigenvalue weighted by Crippen LogP contribution is 2.17. The van der Waals surface area contributed by atoms with E-state index >= 15 is 0 Å². The summed E-state index contributed by atoms with van der Waals surface area (Å²) in [5.74, 6) is -1.37. The molecule has 1 rings (SSSR count). The van der Waals surface area contributed by atoms with Crippen molar-refractivity contribution in [2.75, 3.05) is 0 Å². The quantitative estimate of drug-likeness (QED) is 0.636. The molecule has 8 heteroatoms. The maximum absolute atomic E-state index is 11.9. The number of nitrogens with zero attached hydrogens (tertiary/aromatic N) is 2. The van der Waals surface area contributed by atoms with E-state index in [-0.39, 0.29) is 17.2 Å². The fourth-order valence-electron chi connectivity index (χ4n) is 1.66. The standard InChI is InChI=1S/C14H18N2O6/c1-14(2,3)22-13(20)16(15-21)11(12(18)19)8-9-4-6-10(17)7-5-9/h4-7,11,17H,8H2,1-3H3,(H,18,19)/t11-/m0/s1. The lowest BCUT2D eigenvalue weighted by Crippen LogP contribution is -2.45. The van der Waals surface area contributed by atoms with Crippen molar-refractivity contribution in [1.29, 1.82) is 0 Å². The lowest BCUT2D eigenvalue weighted by atomic mass is 10.1. The van der Waals surface area contributed by atoms with Gasteiger partial charge in [0.1, 0.15) is 11.4 Å². The summed E-state index contributed by atoms with van der Waals surface area (Å²) >= 11 is 0. The first-order valence-electron chi connectivity index (χ1n) is 6.50. The van der Waals surface area contributed by atoms with Gasteiger partial charge in [0.25, 0.3) is 0 Å². The molecule has 0 aliphatic rings. The van der Waals surface area contributed by atoms with Crippen molar-refractivity contribution in [1.82, 2.24) is 5.01 Å². The summed E-state index contributed by atoms with van der Waals surface area (Å²) in [6.07, 6.45) is -1.28. The molecule has 0 heterocycles. The number of nitroso groups, excluding NO2 is 1. The highest BCUT2D eigenvalue weighted by Gasteiger charge is 2.34. The number of benzene rings is 1. The van der Waals surface area contributed by atoms with Crippen LogP contribution in [0.2, 0.25) is 0 Å². The second kappa shape index (κ2) is 6.88. The molecule has 0 fully saturated rings. The van der Waals surface area contributed by atoms with Crippen LogP contribution in [0.3, 0.4) is 0 Å². The zero-order valence-corrected chi connectivity index (χ0v) is 12.5. The average molecular weight is 310 g/mol. The van der Waals surface area contributed by atoms with Crippen LogP contribution in [0, 0.1) is 4.91 Å². The number of carbonyl (C=O) groups excluding carboxylic acids is 1. The lowest BCUT2D eigenvalue weighted by Gasteiger charge is -2.25. The number of phenolic OH excluding ortho intramolecular Hbond substituents is 1. The average Bonchev–Trinajstić information content (AvgIpc) is 2.38. The normalized spacial score (nSPS) is 12.3. The molecule has 0 bridgehead atoms.